The molecule has 0 aliphatic carbocycles. The van der Waals surface area contributed by atoms with Crippen molar-refractivity contribution in [2.24, 2.45) is 0 Å². The molecule has 1 aliphatic heterocycles. The van der Waals surface area contributed by atoms with E-state index in [1.165, 1.54) is 0 Å². The normalized spacial score (nSPS) is 13.5. The molecule has 37 heavy (non-hydrogen) atoms. The molecule has 0 radical (unpaired) electrons. The smallest absolute Gasteiger partial charge is 0.289 e. The van der Waals surface area contributed by atoms with Crippen molar-refractivity contribution in [2.75, 3.05) is 36.4 Å². The monoisotopic (exact) mass is 596 g/mol. The second kappa shape index (κ2) is 10.9. The molecule has 2 heterocycles. The number of carbonyl (C=O) groups is 2. The van der Waals surface area contributed by atoms with E-state index in [2.05, 4.69) is 31.5 Å². The van der Waals surface area contributed by atoms with Gasteiger partial charge in [-0.2, -0.15) is 0 Å². The van der Waals surface area contributed by atoms with Gasteiger partial charge in [0.15, 0.2) is 10.9 Å². The van der Waals surface area contributed by atoms with Crippen LogP contribution in [0.4, 0.5) is 11.4 Å². The van der Waals surface area contributed by atoms with Gasteiger partial charge in [-0.25, -0.2) is 0 Å². The number of carbonyl (C=O) groups excluding carboxylic acids is 2. The first-order valence-corrected chi connectivity index (χ1v) is 13.2. The van der Waals surface area contributed by atoms with Crippen LogP contribution in [0.5, 0.6) is 0 Å². The molecule has 1 fully saturated rings. The van der Waals surface area contributed by atoms with E-state index >= 15 is 0 Å². The number of para-hydroxylation sites is 1. The Morgan fingerprint density at radius 1 is 0.946 bits per heavy atom. The van der Waals surface area contributed by atoms with Crippen LogP contribution in [-0.2, 0) is 0 Å². The third kappa shape index (κ3) is 5.79. The van der Waals surface area contributed by atoms with Crippen molar-refractivity contribution in [3.8, 4) is 0 Å². The van der Waals surface area contributed by atoms with E-state index in [0.717, 1.165) is 21.2 Å². The molecule has 0 saturated carbocycles. The van der Waals surface area contributed by atoms with Gasteiger partial charge in [-0.3, -0.25) is 14.9 Å². The maximum Gasteiger partial charge on any atom is 0.289 e. The zero-order valence-corrected chi connectivity index (χ0v) is 22.7. The maximum absolute atomic E-state index is 12.9. The summed E-state index contributed by atoms with van der Waals surface area (Å²) in [4.78, 5) is 29.5. The fourth-order valence-corrected chi connectivity index (χ4v) is 4.95. The number of benzene rings is 3. The molecule has 2 amide bonds. The highest BCUT2D eigenvalue weighted by Gasteiger charge is 2.24. The molecule has 0 spiro atoms. The van der Waals surface area contributed by atoms with Crippen molar-refractivity contribution < 1.29 is 14.0 Å². The third-order valence-electron chi connectivity index (χ3n) is 6.09. The molecule has 1 saturated heterocycles. The first kappa shape index (κ1) is 25.3. The fourth-order valence-electron chi connectivity index (χ4n) is 4.17. The van der Waals surface area contributed by atoms with Crippen LogP contribution in [0.3, 0.4) is 0 Å². The number of rotatable bonds is 4. The Morgan fingerprint density at radius 2 is 1.68 bits per heavy atom. The van der Waals surface area contributed by atoms with Crippen molar-refractivity contribution in [1.82, 2.24) is 10.2 Å². The number of furan rings is 1. The summed E-state index contributed by atoms with van der Waals surface area (Å²) >= 11 is 14.8. The number of piperazine rings is 1. The second-order valence-electron chi connectivity index (χ2n) is 8.51. The van der Waals surface area contributed by atoms with Gasteiger partial charge in [0, 0.05) is 47.4 Å². The number of nitrogens with one attached hydrogen (secondary N) is 2. The van der Waals surface area contributed by atoms with E-state index in [1.54, 1.807) is 24.3 Å². The number of hydrogen-bond donors (Lipinski definition) is 2. The summed E-state index contributed by atoms with van der Waals surface area (Å²) in [5.74, 6) is -0.110. The number of thiocarbonyl (C=S) groups is 1. The van der Waals surface area contributed by atoms with Crippen molar-refractivity contribution in [1.29, 1.82) is 0 Å². The van der Waals surface area contributed by atoms with Gasteiger partial charge >= 0.3 is 0 Å². The lowest BCUT2D eigenvalue weighted by atomic mass is 10.2. The molecule has 10 heteroatoms. The first-order chi connectivity index (χ1) is 17.9. The van der Waals surface area contributed by atoms with Crippen LogP contribution in [0.1, 0.15) is 20.9 Å². The predicted molar refractivity (Wildman–Crippen MR) is 154 cm³/mol. The molecule has 4 aromatic rings. The first-order valence-electron chi connectivity index (χ1n) is 11.6. The van der Waals surface area contributed by atoms with Crippen molar-refractivity contribution in [2.45, 2.75) is 0 Å². The third-order valence-corrected chi connectivity index (χ3v) is 7.12. The fraction of sp³-hybridized carbons (Fsp3) is 0.148. The summed E-state index contributed by atoms with van der Waals surface area (Å²) in [6.07, 6.45) is 0. The standard InChI is InChI=1S/C27H22BrClN4O3S/c28-18-5-10-22(29)21(16-18)25(34)31-27(37)30-19-6-8-20(9-7-19)32-11-13-33(14-12-32)26(35)24-15-17-3-1-2-4-23(17)36-24/h1-10,15-16H,11-14H2,(H2,30,31,34,37). The molecule has 7 nitrogen and oxygen atoms in total. The highest BCUT2D eigenvalue weighted by atomic mass is 79.9. The van der Waals surface area contributed by atoms with E-state index in [1.807, 2.05) is 53.4 Å². The van der Waals surface area contributed by atoms with Crippen LogP contribution in [0, 0.1) is 0 Å². The Morgan fingerprint density at radius 3 is 2.41 bits per heavy atom. The van der Waals surface area contributed by atoms with Crippen LogP contribution in [0.2, 0.25) is 5.02 Å². The molecule has 1 aliphatic rings. The molecule has 2 N–H and O–H groups in total. The lowest BCUT2D eigenvalue weighted by molar-refractivity contribution is 0.0717. The summed E-state index contributed by atoms with van der Waals surface area (Å²) in [6, 6.07) is 22.2. The van der Waals surface area contributed by atoms with Gasteiger partial charge in [-0.05, 0) is 66.8 Å². The van der Waals surface area contributed by atoms with Crippen molar-refractivity contribution in [3.05, 3.63) is 93.6 Å². The Hall–Kier alpha value is -3.40. The molecular formula is C27H22BrClN4O3S. The van der Waals surface area contributed by atoms with Gasteiger partial charge in [0.05, 0.1) is 10.6 Å². The van der Waals surface area contributed by atoms with Crippen molar-refractivity contribution in [3.63, 3.8) is 0 Å². The highest BCUT2D eigenvalue weighted by Crippen LogP contribution is 2.24. The minimum atomic E-state index is -0.393. The minimum Gasteiger partial charge on any atom is -0.451 e. The number of amides is 2. The van der Waals surface area contributed by atoms with Gasteiger partial charge in [0.25, 0.3) is 11.8 Å². The zero-order chi connectivity index (χ0) is 25.9. The van der Waals surface area contributed by atoms with Gasteiger partial charge in [0.2, 0.25) is 0 Å². The average molecular weight is 598 g/mol. The second-order valence-corrected chi connectivity index (χ2v) is 10.2. The van der Waals surface area contributed by atoms with Crippen LogP contribution >= 0.6 is 39.7 Å². The van der Waals surface area contributed by atoms with E-state index in [0.29, 0.717) is 48.1 Å². The van der Waals surface area contributed by atoms with Crippen LogP contribution < -0.4 is 15.5 Å². The summed E-state index contributed by atoms with van der Waals surface area (Å²) in [6.45, 7) is 2.62. The lowest BCUT2D eigenvalue weighted by Gasteiger charge is -2.35. The molecule has 5 rings (SSSR count). The van der Waals surface area contributed by atoms with Gasteiger partial charge in [-0.1, -0.05) is 45.7 Å². The van der Waals surface area contributed by atoms with Crippen molar-refractivity contribution >= 4 is 79.0 Å². The van der Waals surface area contributed by atoms with E-state index in [-0.39, 0.29) is 11.0 Å². The molecule has 188 valence electrons. The molecule has 0 atom stereocenters. The Balaban J connectivity index is 1.14. The highest BCUT2D eigenvalue weighted by molar-refractivity contribution is 9.10. The maximum atomic E-state index is 12.9. The summed E-state index contributed by atoms with van der Waals surface area (Å²) in [7, 11) is 0. The van der Waals surface area contributed by atoms with E-state index in [4.69, 9.17) is 28.2 Å². The number of anilines is 2. The summed E-state index contributed by atoms with van der Waals surface area (Å²) in [5.41, 5.74) is 2.83. The van der Waals surface area contributed by atoms with Crippen LogP contribution in [0.15, 0.2) is 81.7 Å². The van der Waals surface area contributed by atoms with Gasteiger partial charge in [-0.15, -0.1) is 0 Å². The summed E-state index contributed by atoms with van der Waals surface area (Å²) in [5, 5.41) is 7.11. The van der Waals surface area contributed by atoms with E-state index < -0.39 is 5.91 Å². The number of fused-ring (bicyclic) bond motifs is 1. The van der Waals surface area contributed by atoms with Gasteiger partial charge < -0.3 is 19.5 Å². The Kier molecular flexibility index (Phi) is 7.45. The molecule has 1 aromatic heterocycles. The molecular weight excluding hydrogens is 576 g/mol. The molecule has 0 bridgehead atoms. The number of halogens is 2. The summed E-state index contributed by atoms with van der Waals surface area (Å²) < 4.78 is 6.49. The number of nitrogens with zero attached hydrogens (tertiary/aromatic N) is 2. The van der Waals surface area contributed by atoms with Gasteiger partial charge in [0.1, 0.15) is 5.58 Å². The largest absolute Gasteiger partial charge is 0.451 e. The van der Waals surface area contributed by atoms with E-state index in [9.17, 15) is 9.59 Å². The zero-order valence-electron chi connectivity index (χ0n) is 19.5. The van der Waals surface area contributed by atoms with Crippen LogP contribution in [0.25, 0.3) is 11.0 Å². The SMILES string of the molecule is O=C(NC(=S)Nc1ccc(N2CCN(C(=O)c3cc4ccccc4o3)CC2)cc1)c1cc(Br)ccc1Cl. The molecule has 0 unspecified atom stereocenters. The minimum absolute atomic E-state index is 0.0879. The Labute approximate surface area is 232 Å². The quantitative estimate of drug-likeness (QED) is 0.284. The molecule has 3 aromatic carbocycles. The Bertz CT molecular complexity index is 1450. The topological polar surface area (TPSA) is 77.8 Å². The predicted octanol–water partition coefficient (Wildman–Crippen LogP) is 5.94. The average Bonchev–Trinajstić information content (AvgIpc) is 3.34. The number of hydrogen-bond acceptors (Lipinski definition) is 5. The lowest BCUT2D eigenvalue weighted by Crippen LogP contribution is -2.48. The van der Waals surface area contributed by atoms with Crippen LogP contribution in [-0.4, -0.2) is 48.0 Å².